The van der Waals surface area contributed by atoms with Crippen LogP contribution in [0.5, 0.6) is 11.5 Å². The maximum atomic E-state index is 12.0. The first kappa shape index (κ1) is 14.9. The molecule has 2 heterocycles. The van der Waals surface area contributed by atoms with Crippen molar-refractivity contribution >= 4 is 18.3 Å². The van der Waals surface area contributed by atoms with Gasteiger partial charge in [-0.05, 0) is 37.1 Å². The fourth-order valence-electron chi connectivity index (χ4n) is 2.49. The minimum absolute atomic E-state index is 0. The summed E-state index contributed by atoms with van der Waals surface area (Å²) in [5.74, 6) is 1.54. The van der Waals surface area contributed by atoms with Crippen LogP contribution in [-0.2, 0) is 11.2 Å². The topological polar surface area (TPSA) is 59.6 Å². The van der Waals surface area contributed by atoms with E-state index in [1.165, 1.54) is 0 Å². The van der Waals surface area contributed by atoms with Crippen molar-refractivity contribution in [2.24, 2.45) is 0 Å². The van der Waals surface area contributed by atoms with E-state index >= 15 is 0 Å². The summed E-state index contributed by atoms with van der Waals surface area (Å²) >= 11 is 0. The molecule has 0 spiro atoms. The lowest BCUT2D eigenvalue weighted by Crippen LogP contribution is -2.46. The second-order valence-corrected chi connectivity index (χ2v) is 4.98. The number of carbonyl (C=O) groups is 1. The highest BCUT2D eigenvalue weighted by atomic mass is 35.5. The van der Waals surface area contributed by atoms with Crippen LogP contribution in [0.4, 0.5) is 0 Å². The number of hydrogen-bond donors (Lipinski definition) is 2. The van der Waals surface area contributed by atoms with Crippen molar-refractivity contribution in [2.45, 2.75) is 25.3 Å². The van der Waals surface area contributed by atoms with Crippen LogP contribution in [-0.4, -0.2) is 31.8 Å². The number of piperidine rings is 1. The minimum Gasteiger partial charge on any atom is -0.454 e. The van der Waals surface area contributed by atoms with E-state index in [0.29, 0.717) is 6.42 Å². The predicted molar refractivity (Wildman–Crippen MR) is 77.6 cm³/mol. The molecule has 6 heteroatoms. The lowest BCUT2D eigenvalue weighted by atomic mass is 10.1. The molecule has 1 amide bonds. The SMILES string of the molecule is Cl.O=C(Cc1ccc2c(c1)OCO2)N[C@H]1CCCNC1. The number of halogens is 1. The number of amides is 1. The first-order chi connectivity index (χ1) is 9.31. The third kappa shape index (κ3) is 3.55. The minimum atomic E-state index is 0. The number of hydrogen-bond acceptors (Lipinski definition) is 4. The molecule has 1 saturated heterocycles. The third-order valence-corrected chi connectivity index (χ3v) is 3.46. The predicted octanol–water partition coefficient (Wildman–Crippen LogP) is 1.25. The van der Waals surface area contributed by atoms with Crippen molar-refractivity contribution in [3.05, 3.63) is 23.8 Å². The second kappa shape index (κ2) is 6.81. The van der Waals surface area contributed by atoms with Crippen molar-refractivity contribution in [3.63, 3.8) is 0 Å². The first-order valence-electron chi connectivity index (χ1n) is 6.70. The van der Waals surface area contributed by atoms with E-state index in [1.54, 1.807) is 0 Å². The van der Waals surface area contributed by atoms with E-state index in [1.807, 2.05) is 18.2 Å². The Bertz CT molecular complexity index is 475. The van der Waals surface area contributed by atoms with Gasteiger partial charge in [-0.15, -0.1) is 12.4 Å². The number of carbonyl (C=O) groups excluding carboxylic acids is 1. The van der Waals surface area contributed by atoms with Crippen LogP contribution in [0.25, 0.3) is 0 Å². The number of benzene rings is 1. The Morgan fingerprint density at radius 3 is 3.00 bits per heavy atom. The van der Waals surface area contributed by atoms with Crippen molar-refractivity contribution in [3.8, 4) is 11.5 Å². The molecule has 1 atom stereocenters. The maximum absolute atomic E-state index is 12.0. The Kier molecular flexibility index (Phi) is 5.09. The summed E-state index contributed by atoms with van der Waals surface area (Å²) < 4.78 is 10.6. The highest BCUT2D eigenvalue weighted by molar-refractivity contribution is 5.85. The second-order valence-electron chi connectivity index (χ2n) is 4.98. The number of nitrogens with one attached hydrogen (secondary N) is 2. The summed E-state index contributed by atoms with van der Waals surface area (Å²) in [6.07, 6.45) is 2.56. The molecule has 0 bridgehead atoms. The van der Waals surface area contributed by atoms with Gasteiger partial charge >= 0.3 is 0 Å². The van der Waals surface area contributed by atoms with Crippen LogP contribution in [0.2, 0.25) is 0 Å². The molecule has 1 aromatic rings. The fraction of sp³-hybridized carbons (Fsp3) is 0.500. The number of ether oxygens (including phenoxy) is 2. The smallest absolute Gasteiger partial charge is 0.231 e. The molecule has 0 aromatic heterocycles. The lowest BCUT2D eigenvalue weighted by Gasteiger charge is -2.23. The summed E-state index contributed by atoms with van der Waals surface area (Å²) in [7, 11) is 0. The van der Waals surface area contributed by atoms with Gasteiger partial charge in [-0.3, -0.25) is 4.79 Å². The Morgan fingerprint density at radius 1 is 1.35 bits per heavy atom. The normalized spacial score (nSPS) is 20.1. The molecule has 1 fully saturated rings. The van der Waals surface area contributed by atoms with Gasteiger partial charge in [0.05, 0.1) is 6.42 Å². The van der Waals surface area contributed by atoms with Crippen LogP contribution < -0.4 is 20.1 Å². The van der Waals surface area contributed by atoms with E-state index in [0.717, 1.165) is 43.0 Å². The zero-order chi connectivity index (χ0) is 13.1. The van der Waals surface area contributed by atoms with Gasteiger partial charge in [0.2, 0.25) is 12.7 Å². The zero-order valence-electron chi connectivity index (χ0n) is 11.2. The summed E-state index contributed by atoms with van der Waals surface area (Å²) in [6.45, 7) is 2.18. The fourth-order valence-corrected chi connectivity index (χ4v) is 2.49. The monoisotopic (exact) mass is 298 g/mol. The van der Waals surface area contributed by atoms with Crippen LogP contribution in [0.15, 0.2) is 18.2 Å². The third-order valence-electron chi connectivity index (χ3n) is 3.46. The largest absolute Gasteiger partial charge is 0.454 e. The summed E-state index contributed by atoms with van der Waals surface area (Å²) in [5, 5.41) is 6.35. The Hall–Kier alpha value is -1.46. The average molecular weight is 299 g/mol. The van der Waals surface area contributed by atoms with Gasteiger partial charge in [0.25, 0.3) is 0 Å². The molecular weight excluding hydrogens is 280 g/mol. The van der Waals surface area contributed by atoms with Gasteiger partial charge < -0.3 is 20.1 Å². The number of fused-ring (bicyclic) bond motifs is 1. The molecule has 1 aromatic carbocycles. The van der Waals surface area contributed by atoms with Gasteiger partial charge in [0.15, 0.2) is 11.5 Å². The first-order valence-corrected chi connectivity index (χ1v) is 6.70. The maximum Gasteiger partial charge on any atom is 0.231 e. The van der Waals surface area contributed by atoms with Crippen LogP contribution in [0.1, 0.15) is 18.4 Å². The molecule has 2 N–H and O–H groups in total. The summed E-state index contributed by atoms with van der Waals surface area (Å²) in [4.78, 5) is 12.0. The van der Waals surface area contributed by atoms with Crippen LogP contribution in [0.3, 0.4) is 0 Å². The van der Waals surface area contributed by atoms with Gasteiger partial charge in [0.1, 0.15) is 0 Å². The molecular formula is C14H19ClN2O3. The van der Waals surface area contributed by atoms with Gasteiger partial charge in [-0.25, -0.2) is 0 Å². The standard InChI is InChI=1S/C14H18N2O3.ClH/c17-14(16-11-2-1-5-15-8-11)7-10-3-4-12-13(6-10)19-9-18-12;/h3-4,6,11,15H,1-2,5,7-9H2,(H,16,17);1H/t11-;/m0./s1. The van der Waals surface area contributed by atoms with Crippen LogP contribution >= 0.6 is 12.4 Å². The van der Waals surface area contributed by atoms with Crippen molar-refractivity contribution in [1.82, 2.24) is 10.6 Å². The summed E-state index contributed by atoms with van der Waals surface area (Å²) in [6, 6.07) is 5.90. The highest BCUT2D eigenvalue weighted by Crippen LogP contribution is 2.32. The molecule has 110 valence electrons. The molecule has 0 radical (unpaired) electrons. The zero-order valence-corrected chi connectivity index (χ0v) is 12.0. The van der Waals surface area contributed by atoms with Crippen molar-refractivity contribution < 1.29 is 14.3 Å². The van der Waals surface area contributed by atoms with E-state index in [-0.39, 0.29) is 31.1 Å². The average Bonchev–Trinajstić information content (AvgIpc) is 2.87. The molecule has 0 aliphatic carbocycles. The Morgan fingerprint density at radius 2 is 2.20 bits per heavy atom. The van der Waals surface area contributed by atoms with E-state index in [9.17, 15) is 4.79 Å². The van der Waals surface area contributed by atoms with Gasteiger partial charge in [-0.1, -0.05) is 6.07 Å². The number of rotatable bonds is 3. The molecule has 2 aliphatic heterocycles. The molecule has 5 nitrogen and oxygen atoms in total. The van der Waals surface area contributed by atoms with E-state index in [4.69, 9.17) is 9.47 Å². The van der Waals surface area contributed by atoms with E-state index in [2.05, 4.69) is 10.6 Å². The molecule has 3 rings (SSSR count). The molecule has 20 heavy (non-hydrogen) atoms. The van der Waals surface area contributed by atoms with Gasteiger partial charge in [-0.2, -0.15) is 0 Å². The molecule has 2 aliphatic rings. The lowest BCUT2D eigenvalue weighted by molar-refractivity contribution is -0.121. The molecule has 0 unspecified atom stereocenters. The van der Waals surface area contributed by atoms with E-state index < -0.39 is 0 Å². The Labute approximate surface area is 124 Å². The van der Waals surface area contributed by atoms with Crippen LogP contribution in [0, 0.1) is 0 Å². The van der Waals surface area contributed by atoms with Crippen molar-refractivity contribution in [2.75, 3.05) is 19.9 Å². The Balaban J connectivity index is 0.00000147. The van der Waals surface area contributed by atoms with Crippen molar-refractivity contribution in [1.29, 1.82) is 0 Å². The molecule has 0 saturated carbocycles. The summed E-state index contributed by atoms with van der Waals surface area (Å²) in [5.41, 5.74) is 0.950. The quantitative estimate of drug-likeness (QED) is 0.882. The van der Waals surface area contributed by atoms with Gasteiger partial charge in [0, 0.05) is 12.6 Å². The highest BCUT2D eigenvalue weighted by Gasteiger charge is 2.17.